The maximum absolute atomic E-state index is 8.80. The monoisotopic (exact) mass is 251 g/mol. The van der Waals surface area contributed by atoms with Crippen molar-refractivity contribution in [2.24, 2.45) is 5.73 Å². The maximum Gasteiger partial charge on any atom is 0.0992 e. The number of halogens is 1. The Bertz CT molecular complexity index is 391. The molecule has 0 aromatic heterocycles. The summed E-state index contributed by atoms with van der Waals surface area (Å²) < 4.78 is 0.937. The van der Waals surface area contributed by atoms with Gasteiger partial charge in [-0.3, -0.25) is 0 Å². The van der Waals surface area contributed by atoms with Gasteiger partial charge in [0.25, 0.3) is 0 Å². The van der Waals surface area contributed by atoms with Crippen LogP contribution in [0.5, 0.6) is 0 Å². The Morgan fingerprint density at radius 3 is 2.71 bits per heavy atom. The highest BCUT2D eigenvalue weighted by Gasteiger charge is 2.23. The fourth-order valence-corrected chi connectivity index (χ4v) is 2.03. The van der Waals surface area contributed by atoms with Crippen molar-refractivity contribution >= 4 is 21.6 Å². The van der Waals surface area contributed by atoms with E-state index >= 15 is 0 Å². The molecule has 2 N–H and O–H groups in total. The van der Waals surface area contributed by atoms with Crippen molar-refractivity contribution in [3.63, 3.8) is 0 Å². The van der Waals surface area contributed by atoms with Crippen LogP contribution in [-0.4, -0.2) is 19.1 Å². The van der Waals surface area contributed by atoms with Crippen LogP contribution in [0.25, 0.3) is 0 Å². The third-order valence-corrected chi connectivity index (χ3v) is 2.74. The average Bonchev–Trinajstić information content (AvgIpc) is 2.12. The van der Waals surface area contributed by atoms with Gasteiger partial charge >= 0.3 is 0 Å². The zero-order chi connectivity index (χ0) is 10.1. The van der Waals surface area contributed by atoms with E-state index in [9.17, 15) is 0 Å². The number of hydrogen-bond donors (Lipinski definition) is 1. The lowest BCUT2D eigenvalue weighted by atomic mass is 10.1. The third-order valence-electron chi connectivity index (χ3n) is 2.29. The van der Waals surface area contributed by atoms with Gasteiger partial charge in [-0.15, -0.1) is 0 Å². The van der Waals surface area contributed by atoms with Crippen LogP contribution in [-0.2, 0) is 0 Å². The molecule has 0 aliphatic carbocycles. The first-order valence-corrected chi connectivity index (χ1v) is 5.19. The lowest BCUT2D eigenvalue weighted by Gasteiger charge is -2.39. The number of nitrogens with two attached hydrogens (primary N) is 1. The molecule has 1 aliphatic heterocycles. The van der Waals surface area contributed by atoms with Crippen LogP contribution in [0, 0.1) is 11.3 Å². The number of benzene rings is 1. The fourth-order valence-electron chi connectivity index (χ4n) is 1.54. The van der Waals surface area contributed by atoms with Crippen LogP contribution in [0.2, 0.25) is 0 Å². The molecule has 2 rings (SSSR count). The van der Waals surface area contributed by atoms with Crippen LogP contribution in [0.1, 0.15) is 5.56 Å². The van der Waals surface area contributed by atoms with Gasteiger partial charge in [0.1, 0.15) is 0 Å². The van der Waals surface area contributed by atoms with Crippen molar-refractivity contribution in [1.29, 1.82) is 5.26 Å². The normalized spacial score (nSPS) is 16.2. The Hall–Kier alpha value is -1.05. The molecule has 3 nitrogen and oxygen atoms in total. The molecule has 0 radical (unpaired) electrons. The molecule has 0 bridgehead atoms. The lowest BCUT2D eigenvalue weighted by Crippen LogP contribution is -2.55. The van der Waals surface area contributed by atoms with Gasteiger partial charge in [-0.2, -0.15) is 5.26 Å². The van der Waals surface area contributed by atoms with Gasteiger partial charge in [0.05, 0.1) is 11.6 Å². The van der Waals surface area contributed by atoms with Crippen molar-refractivity contribution < 1.29 is 0 Å². The quantitative estimate of drug-likeness (QED) is 0.823. The summed E-state index contributed by atoms with van der Waals surface area (Å²) in [7, 11) is 0. The fraction of sp³-hybridized carbons (Fsp3) is 0.300. The molecule has 1 heterocycles. The molecule has 4 heteroatoms. The highest BCUT2D eigenvalue weighted by molar-refractivity contribution is 9.10. The van der Waals surface area contributed by atoms with E-state index in [-0.39, 0.29) is 6.04 Å². The molecule has 1 fully saturated rings. The van der Waals surface area contributed by atoms with Crippen LogP contribution in [0.3, 0.4) is 0 Å². The summed E-state index contributed by atoms with van der Waals surface area (Å²) in [5, 5.41) is 8.80. The topological polar surface area (TPSA) is 53.0 Å². The molecule has 14 heavy (non-hydrogen) atoms. The highest BCUT2D eigenvalue weighted by Crippen LogP contribution is 2.25. The van der Waals surface area contributed by atoms with Gasteiger partial charge in [-0.25, -0.2) is 0 Å². The highest BCUT2D eigenvalue weighted by atomic mass is 79.9. The zero-order valence-corrected chi connectivity index (χ0v) is 9.16. The molecule has 0 saturated carbocycles. The van der Waals surface area contributed by atoms with Crippen molar-refractivity contribution in [2.75, 3.05) is 18.0 Å². The standard InChI is InChI=1S/C10H10BrN3/c11-8-1-7(4-12)2-10(3-8)14-5-9(13)6-14/h1-3,9H,5-6,13H2. The van der Waals surface area contributed by atoms with Gasteiger partial charge < -0.3 is 10.6 Å². The van der Waals surface area contributed by atoms with Crippen LogP contribution >= 0.6 is 15.9 Å². The van der Waals surface area contributed by atoms with Crippen LogP contribution in [0.15, 0.2) is 22.7 Å². The summed E-state index contributed by atoms with van der Waals surface area (Å²) in [5.74, 6) is 0. The molecule has 0 amide bonds. The molecule has 1 saturated heterocycles. The Morgan fingerprint density at radius 1 is 1.43 bits per heavy atom. The summed E-state index contributed by atoms with van der Waals surface area (Å²) >= 11 is 3.38. The largest absolute Gasteiger partial charge is 0.368 e. The first-order valence-electron chi connectivity index (χ1n) is 4.40. The molecule has 0 spiro atoms. The summed E-state index contributed by atoms with van der Waals surface area (Å²) in [5.41, 5.74) is 7.44. The summed E-state index contributed by atoms with van der Waals surface area (Å²) in [6, 6.07) is 8.11. The molecular weight excluding hydrogens is 242 g/mol. The number of anilines is 1. The third kappa shape index (κ3) is 1.74. The van der Waals surface area contributed by atoms with E-state index in [1.165, 1.54) is 0 Å². The van der Waals surface area contributed by atoms with E-state index in [0.29, 0.717) is 5.56 Å². The van der Waals surface area contributed by atoms with E-state index in [0.717, 1.165) is 23.2 Å². The van der Waals surface area contributed by atoms with Crippen LogP contribution in [0.4, 0.5) is 5.69 Å². The Morgan fingerprint density at radius 2 is 2.14 bits per heavy atom. The zero-order valence-electron chi connectivity index (χ0n) is 7.57. The van der Waals surface area contributed by atoms with Crippen LogP contribution < -0.4 is 10.6 Å². The maximum atomic E-state index is 8.80. The summed E-state index contributed by atoms with van der Waals surface area (Å²) in [4.78, 5) is 2.16. The van der Waals surface area contributed by atoms with Crippen molar-refractivity contribution in [1.82, 2.24) is 0 Å². The van der Waals surface area contributed by atoms with E-state index in [1.54, 1.807) is 0 Å². The molecular formula is C10H10BrN3. The Labute approximate surface area is 91.2 Å². The Balaban J connectivity index is 2.26. The van der Waals surface area contributed by atoms with Gasteiger partial charge in [-0.1, -0.05) is 15.9 Å². The smallest absolute Gasteiger partial charge is 0.0992 e. The Kier molecular flexibility index (Phi) is 2.44. The van der Waals surface area contributed by atoms with Gasteiger partial charge in [-0.05, 0) is 18.2 Å². The van der Waals surface area contributed by atoms with E-state index < -0.39 is 0 Å². The van der Waals surface area contributed by atoms with Crippen molar-refractivity contribution in [2.45, 2.75) is 6.04 Å². The lowest BCUT2D eigenvalue weighted by molar-refractivity contribution is 0.519. The second-order valence-corrected chi connectivity index (χ2v) is 4.39. The van der Waals surface area contributed by atoms with Gasteiger partial charge in [0.2, 0.25) is 0 Å². The number of rotatable bonds is 1. The predicted octanol–water partition coefficient (Wildman–Crippen LogP) is 1.47. The van der Waals surface area contributed by atoms with Gasteiger partial charge in [0, 0.05) is 29.3 Å². The molecule has 1 aromatic carbocycles. The first kappa shape index (κ1) is 9.50. The minimum Gasteiger partial charge on any atom is -0.368 e. The average molecular weight is 252 g/mol. The number of hydrogen-bond acceptors (Lipinski definition) is 3. The van der Waals surface area contributed by atoms with E-state index in [1.807, 2.05) is 18.2 Å². The SMILES string of the molecule is N#Cc1cc(Br)cc(N2CC(N)C2)c1. The molecule has 0 unspecified atom stereocenters. The predicted molar refractivity (Wildman–Crippen MR) is 59.0 cm³/mol. The summed E-state index contributed by atoms with van der Waals surface area (Å²) in [6.07, 6.45) is 0. The minimum atomic E-state index is 0.277. The minimum absolute atomic E-state index is 0.277. The summed E-state index contributed by atoms with van der Waals surface area (Å²) in [6.45, 7) is 1.75. The number of nitrogens with zero attached hydrogens (tertiary/aromatic N) is 2. The molecule has 1 aromatic rings. The van der Waals surface area contributed by atoms with Crippen molar-refractivity contribution in [3.05, 3.63) is 28.2 Å². The van der Waals surface area contributed by atoms with E-state index in [4.69, 9.17) is 11.0 Å². The van der Waals surface area contributed by atoms with E-state index in [2.05, 4.69) is 26.9 Å². The number of nitriles is 1. The van der Waals surface area contributed by atoms with Crippen molar-refractivity contribution in [3.8, 4) is 6.07 Å². The molecule has 1 aliphatic rings. The van der Waals surface area contributed by atoms with Gasteiger partial charge in [0.15, 0.2) is 0 Å². The molecule has 0 atom stereocenters. The second kappa shape index (κ2) is 3.60. The second-order valence-electron chi connectivity index (χ2n) is 3.47. The first-order chi connectivity index (χ1) is 6.69. The molecule has 72 valence electrons.